The van der Waals surface area contributed by atoms with Gasteiger partial charge in [-0.1, -0.05) is 6.07 Å². The molecule has 0 spiro atoms. The molecule has 76 valence electrons. The van der Waals surface area contributed by atoms with Crippen LogP contribution in [0.5, 0.6) is 5.75 Å². The van der Waals surface area contributed by atoms with Gasteiger partial charge in [-0.2, -0.15) is 0 Å². The summed E-state index contributed by atoms with van der Waals surface area (Å²) in [6.07, 6.45) is 0.241. The molecule has 0 fully saturated rings. The number of hydrogen-bond acceptors (Lipinski definition) is 3. The molecule has 0 saturated carbocycles. The summed E-state index contributed by atoms with van der Waals surface area (Å²) in [5.74, 6) is -0.0342. The van der Waals surface area contributed by atoms with Crippen LogP contribution in [0.1, 0.15) is 5.56 Å². The first-order chi connectivity index (χ1) is 6.56. The van der Waals surface area contributed by atoms with Gasteiger partial charge in [0.25, 0.3) is 0 Å². The maximum atomic E-state index is 11.0. The number of hydrogen-bond donors (Lipinski definition) is 1. The monoisotopic (exact) mass is 418 g/mol. The molecule has 0 amide bonds. The van der Waals surface area contributed by atoms with Crippen LogP contribution in [0.3, 0.4) is 0 Å². The summed E-state index contributed by atoms with van der Waals surface area (Å²) in [4.78, 5) is 11.0. The molecule has 0 bridgehead atoms. The van der Waals surface area contributed by atoms with Crippen LogP contribution in [0, 0.1) is 7.14 Å². The lowest BCUT2D eigenvalue weighted by molar-refractivity contribution is -0.139. The summed E-state index contributed by atoms with van der Waals surface area (Å²) >= 11 is 4.15. The summed E-state index contributed by atoms with van der Waals surface area (Å²) in [5, 5.41) is 9.39. The highest BCUT2D eigenvalue weighted by Gasteiger charge is 2.11. The van der Waals surface area contributed by atoms with Crippen molar-refractivity contribution in [3.05, 3.63) is 24.8 Å². The maximum absolute atomic E-state index is 11.0. The molecular weight excluding hydrogens is 410 g/mol. The lowest BCUT2D eigenvalue weighted by atomic mass is 10.1. The number of carbonyl (C=O) groups excluding carboxylic acids is 1. The van der Waals surface area contributed by atoms with E-state index in [9.17, 15) is 9.90 Å². The fourth-order valence-corrected chi connectivity index (χ4v) is 2.12. The third kappa shape index (κ3) is 2.72. The summed E-state index contributed by atoms with van der Waals surface area (Å²) < 4.78 is 6.24. The Kier molecular flexibility index (Phi) is 4.42. The van der Waals surface area contributed by atoms with Gasteiger partial charge in [-0.15, -0.1) is 0 Å². The van der Waals surface area contributed by atoms with Gasteiger partial charge in [0.1, 0.15) is 5.75 Å². The second kappa shape index (κ2) is 5.15. The number of carbonyl (C=O) groups is 1. The normalized spacial score (nSPS) is 9.93. The van der Waals surface area contributed by atoms with E-state index >= 15 is 0 Å². The first-order valence-corrected chi connectivity index (χ1v) is 5.94. The molecule has 1 aromatic rings. The molecular formula is C9H8I2O3. The summed E-state index contributed by atoms with van der Waals surface area (Å²) in [6.45, 7) is 0. The van der Waals surface area contributed by atoms with E-state index in [0.717, 1.165) is 12.7 Å². The third-order valence-electron chi connectivity index (χ3n) is 1.70. The molecule has 0 saturated heterocycles. The Bertz CT molecular complexity index is 363. The molecule has 14 heavy (non-hydrogen) atoms. The molecule has 0 aliphatic rings. The van der Waals surface area contributed by atoms with Crippen LogP contribution < -0.4 is 0 Å². The number of esters is 1. The number of ether oxygens (including phenoxy) is 1. The predicted octanol–water partition coefficient (Wildman–Crippen LogP) is 2.32. The van der Waals surface area contributed by atoms with Crippen LogP contribution in [0.4, 0.5) is 0 Å². The zero-order valence-electron chi connectivity index (χ0n) is 7.38. The second-order valence-corrected chi connectivity index (χ2v) is 4.78. The van der Waals surface area contributed by atoms with Crippen molar-refractivity contribution in [2.45, 2.75) is 6.42 Å². The Hall–Kier alpha value is -0.0500. The topological polar surface area (TPSA) is 46.5 Å². The smallest absolute Gasteiger partial charge is 0.310 e. The Morgan fingerprint density at radius 1 is 1.43 bits per heavy atom. The van der Waals surface area contributed by atoms with Gasteiger partial charge < -0.3 is 9.84 Å². The molecule has 1 aromatic carbocycles. The van der Waals surface area contributed by atoms with E-state index in [2.05, 4.69) is 27.3 Å². The van der Waals surface area contributed by atoms with Crippen molar-refractivity contribution >= 4 is 51.2 Å². The molecule has 0 heterocycles. The largest absolute Gasteiger partial charge is 0.507 e. The van der Waals surface area contributed by atoms with Crippen LogP contribution in [-0.2, 0) is 16.0 Å². The lowest BCUT2D eigenvalue weighted by Gasteiger charge is -2.06. The molecule has 1 N–H and O–H groups in total. The third-order valence-corrected chi connectivity index (χ3v) is 5.06. The standard InChI is InChI=1S/C9H8I2O3/c1-14-7(13)4-5-2-3-6(12)9(11)8(5)10/h2-3,12H,4H2,1H3. The van der Waals surface area contributed by atoms with E-state index in [0.29, 0.717) is 0 Å². The number of benzene rings is 1. The minimum absolute atomic E-state index is 0.239. The van der Waals surface area contributed by atoms with E-state index in [1.165, 1.54) is 7.11 Å². The van der Waals surface area contributed by atoms with Gasteiger partial charge >= 0.3 is 5.97 Å². The maximum Gasteiger partial charge on any atom is 0.310 e. The zero-order valence-corrected chi connectivity index (χ0v) is 11.7. The number of aromatic hydroxyl groups is 1. The molecule has 3 nitrogen and oxygen atoms in total. The van der Waals surface area contributed by atoms with Crippen molar-refractivity contribution in [3.8, 4) is 5.75 Å². The van der Waals surface area contributed by atoms with Gasteiger partial charge in [0.15, 0.2) is 0 Å². The van der Waals surface area contributed by atoms with E-state index < -0.39 is 0 Å². The van der Waals surface area contributed by atoms with Crippen LogP contribution in [0.15, 0.2) is 12.1 Å². The SMILES string of the molecule is COC(=O)Cc1ccc(O)c(I)c1I. The van der Waals surface area contributed by atoms with Crippen molar-refractivity contribution in [1.29, 1.82) is 0 Å². The number of phenolic OH excluding ortho intramolecular Hbond substituents is 1. The fourth-order valence-electron chi connectivity index (χ4n) is 0.943. The molecule has 0 atom stereocenters. The Balaban J connectivity index is 3.00. The molecule has 0 unspecified atom stereocenters. The number of phenols is 1. The summed E-state index contributed by atoms with van der Waals surface area (Å²) in [7, 11) is 1.36. The van der Waals surface area contributed by atoms with Gasteiger partial charge in [0.2, 0.25) is 0 Å². The van der Waals surface area contributed by atoms with Gasteiger partial charge in [-0.3, -0.25) is 4.79 Å². The second-order valence-electron chi connectivity index (χ2n) is 2.62. The van der Waals surface area contributed by atoms with E-state index in [4.69, 9.17) is 0 Å². The minimum Gasteiger partial charge on any atom is -0.507 e. The highest BCUT2D eigenvalue weighted by molar-refractivity contribution is 14.1. The Morgan fingerprint density at radius 2 is 2.07 bits per heavy atom. The van der Waals surface area contributed by atoms with Gasteiger partial charge in [0, 0.05) is 3.57 Å². The van der Waals surface area contributed by atoms with Gasteiger partial charge in [-0.25, -0.2) is 0 Å². The van der Waals surface area contributed by atoms with Gasteiger partial charge in [-0.05, 0) is 56.8 Å². The number of rotatable bonds is 2. The molecule has 0 aliphatic carbocycles. The van der Waals surface area contributed by atoms with Gasteiger partial charge in [0.05, 0.1) is 17.1 Å². The Morgan fingerprint density at radius 3 is 2.64 bits per heavy atom. The van der Waals surface area contributed by atoms with Crippen molar-refractivity contribution in [3.63, 3.8) is 0 Å². The van der Waals surface area contributed by atoms with Crippen LogP contribution in [-0.4, -0.2) is 18.2 Å². The van der Waals surface area contributed by atoms with E-state index in [1.54, 1.807) is 12.1 Å². The zero-order chi connectivity index (χ0) is 10.7. The molecule has 0 aliphatic heterocycles. The molecule has 0 radical (unpaired) electrons. The van der Waals surface area contributed by atoms with E-state index in [1.807, 2.05) is 22.6 Å². The number of methoxy groups -OCH3 is 1. The van der Waals surface area contributed by atoms with Crippen LogP contribution in [0.25, 0.3) is 0 Å². The molecule has 1 rings (SSSR count). The highest BCUT2D eigenvalue weighted by atomic mass is 127. The summed E-state index contributed by atoms with van der Waals surface area (Å²) in [5.41, 5.74) is 0.875. The average Bonchev–Trinajstić information content (AvgIpc) is 2.19. The van der Waals surface area contributed by atoms with Crippen LogP contribution in [0.2, 0.25) is 0 Å². The Labute approximate surface area is 109 Å². The molecule has 5 heteroatoms. The average molecular weight is 418 g/mol. The number of halogens is 2. The summed E-state index contributed by atoms with van der Waals surface area (Å²) in [6, 6.07) is 3.32. The molecule has 0 aromatic heterocycles. The van der Waals surface area contributed by atoms with Crippen molar-refractivity contribution in [1.82, 2.24) is 0 Å². The quantitative estimate of drug-likeness (QED) is 0.593. The van der Waals surface area contributed by atoms with Crippen molar-refractivity contribution in [2.24, 2.45) is 0 Å². The van der Waals surface area contributed by atoms with Crippen LogP contribution >= 0.6 is 45.2 Å². The first kappa shape index (κ1) is 12.0. The van der Waals surface area contributed by atoms with E-state index in [-0.39, 0.29) is 18.1 Å². The minimum atomic E-state index is -0.274. The lowest BCUT2D eigenvalue weighted by Crippen LogP contribution is -2.06. The first-order valence-electron chi connectivity index (χ1n) is 3.79. The highest BCUT2D eigenvalue weighted by Crippen LogP contribution is 2.27. The van der Waals surface area contributed by atoms with Crippen molar-refractivity contribution in [2.75, 3.05) is 7.11 Å². The predicted molar refractivity (Wildman–Crippen MR) is 69.3 cm³/mol. The van der Waals surface area contributed by atoms with Crippen molar-refractivity contribution < 1.29 is 14.6 Å². The fraction of sp³-hybridized carbons (Fsp3) is 0.222.